The third-order valence-corrected chi connectivity index (χ3v) is 4.04. The summed E-state index contributed by atoms with van der Waals surface area (Å²) in [5.41, 5.74) is 5.36. The number of aromatic nitrogens is 2. The van der Waals surface area contributed by atoms with Crippen molar-refractivity contribution in [2.75, 3.05) is 11.5 Å². The number of nitrogens with zero attached hydrogens (tertiary/aromatic N) is 2. The fourth-order valence-electron chi connectivity index (χ4n) is 1.15. The maximum atomic E-state index is 11.6. The van der Waals surface area contributed by atoms with Crippen LogP contribution >= 0.6 is 11.6 Å². The Balaban J connectivity index is 2.28. The van der Waals surface area contributed by atoms with Gasteiger partial charge >= 0.3 is 0 Å². The van der Waals surface area contributed by atoms with Gasteiger partial charge in [-0.1, -0.05) is 11.6 Å². The number of rotatable bonds is 3. The first kappa shape index (κ1) is 9.79. The summed E-state index contributed by atoms with van der Waals surface area (Å²) in [7, 11) is -3.36. The summed E-state index contributed by atoms with van der Waals surface area (Å²) in [5.74, 6) is 0.458. The van der Waals surface area contributed by atoms with Crippen LogP contribution in [0.15, 0.2) is 6.20 Å². The minimum Gasteiger partial charge on any atom is -0.381 e. The van der Waals surface area contributed by atoms with E-state index in [0.29, 0.717) is 0 Å². The van der Waals surface area contributed by atoms with Crippen LogP contribution in [0.2, 0.25) is 5.02 Å². The van der Waals surface area contributed by atoms with E-state index in [-0.39, 0.29) is 22.5 Å². The molecule has 0 aromatic carbocycles. The van der Waals surface area contributed by atoms with E-state index in [4.69, 9.17) is 17.3 Å². The maximum Gasteiger partial charge on any atom is 0.254 e. The van der Waals surface area contributed by atoms with Gasteiger partial charge in [-0.05, 0) is 18.8 Å². The van der Waals surface area contributed by atoms with Crippen LogP contribution in [0, 0.1) is 5.92 Å². The maximum absolute atomic E-state index is 11.6. The van der Waals surface area contributed by atoms with E-state index in [1.807, 2.05) is 0 Å². The Labute approximate surface area is 86.9 Å². The molecule has 0 radical (unpaired) electrons. The summed E-state index contributed by atoms with van der Waals surface area (Å²) in [6.45, 7) is 0. The molecule has 0 atom stereocenters. The van der Waals surface area contributed by atoms with E-state index in [2.05, 4.69) is 5.10 Å². The molecule has 0 aliphatic heterocycles. The van der Waals surface area contributed by atoms with Crippen LogP contribution < -0.4 is 5.73 Å². The first-order chi connectivity index (χ1) is 6.49. The van der Waals surface area contributed by atoms with Crippen molar-refractivity contribution in [3.05, 3.63) is 11.2 Å². The van der Waals surface area contributed by atoms with Gasteiger partial charge in [-0.25, -0.2) is 8.42 Å². The molecule has 1 aliphatic rings. The van der Waals surface area contributed by atoms with Crippen molar-refractivity contribution in [2.45, 2.75) is 12.8 Å². The molecule has 1 aromatic heterocycles. The number of nitrogens with two attached hydrogens (primary N) is 1. The largest absolute Gasteiger partial charge is 0.381 e. The van der Waals surface area contributed by atoms with Gasteiger partial charge in [0, 0.05) is 0 Å². The number of hydrogen-bond donors (Lipinski definition) is 1. The van der Waals surface area contributed by atoms with Crippen molar-refractivity contribution >= 4 is 27.4 Å². The van der Waals surface area contributed by atoms with Crippen LogP contribution in [0.25, 0.3) is 0 Å². The standard InChI is InChI=1S/C7H10ClN3O2S/c8-6-3-11(10-7(6)9)14(12,13)4-5-1-2-5/h3,5H,1-2,4H2,(H2,9,10). The van der Waals surface area contributed by atoms with Crippen LogP contribution in [-0.2, 0) is 10.0 Å². The lowest BCUT2D eigenvalue weighted by Crippen LogP contribution is -2.18. The third kappa shape index (κ3) is 1.85. The van der Waals surface area contributed by atoms with Crippen molar-refractivity contribution in [1.29, 1.82) is 0 Å². The Hall–Kier alpha value is -0.750. The fraction of sp³-hybridized carbons (Fsp3) is 0.571. The molecule has 1 aromatic rings. The molecule has 5 nitrogen and oxygen atoms in total. The van der Waals surface area contributed by atoms with Gasteiger partial charge in [-0.3, -0.25) is 0 Å². The second-order valence-electron chi connectivity index (χ2n) is 3.46. The molecular weight excluding hydrogens is 226 g/mol. The van der Waals surface area contributed by atoms with Crippen LogP contribution in [-0.4, -0.2) is 23.4 Å². The zero-order valence-electron chi connectivity index (χ0n) is 7.35. The Kier molecular flexibility index (Phi) is 2.19. The van der Waals surface area contributed by atoms with Gasteiger partial charge in [0.1, 0.15) is 5.02 Å². The molecule has 0 saturated heterocycles. The Morgan fingerprint density at radius 1 is 1.64 bits per heavy atom. The Morgan fingerprint density at radius 3 is 2.71 bits per heavy atom. The summed E-state index contributed by atoms with van der Waals surface area (Å²) in [6, 6.07) is 0. The van der Waals surface area contributed by atoms with Crippen molar-refractivity contribution < 1.29 is 8.42 Å². The van der Waals surface area contributed by atoms with Gasteiger partial charge in [0.2, 0.25) is 0 Å². The van der Waals surface area contributed by atoms with Gasteiger partial charge < -0.3 is 5.73 Å². The van der Waals surface area contributed by atoms with Gasteiger partial charge in [0.05, 0.1) is 11.9 Å². The third-order valence-electron chi connectivity index (χ3n) is 2.10. The number of halogens is 1. The van der Waals surface area contributed by atoms with Crippen molar-refractivity contribution in [2.24, 2.45) is 5.92 Å². The van der Waals surface area contributed by atoms with Crippen LogP contribution in [0.4, 0.5) is 5.82 Å². The minimum absolute atomic E-state index is 0.0473. The molecule has 14 heavy (non-hydrogen) atoms. The van der Waals surface area contributed by atoms with E-state index in [9.17, 15) is 8.42 Å². The van der Waals surface area contributed by atoms with E-state index >= 15 is 0 Å². The van der Waals surface area contributed by atoms with E-state index in [1.165, 1.54) is 6.20 Å². The molecule has 1 fully saturated rings. The van der Waals surface area contributed by atoms with Crippen LogP contribution in [0.5, 0.6) is 0 Å². The molecule has 2 N–H and O–H groups in total. The van der Waals surface area contributed by atoms with Crippen molar-refractivity contribution in [1.82, 2.24) is 9.19 Å². The second-order valence-corrected chi connectivity index (χ2v) is 5.74. The molecule has 1 saturated carbocycles. The molecule has 1 aliphatic carbocycles. The first-order valence-electron chi connectivity index (χ1n) is 4.23. The van der Waals surface area contributed by atoms with Crippen LogP contribution in [0.3, 0.4) is 0 Å². The molecular formula is C7H10ClN3O2S. The summed E-state index contributed by atoms with van der Waals surface area (Å²) in [5, 5.41) is 3.81. The monoisotopic (exact) mass is 235 g/mol. The smallest absolute Gasteiger partial charge is 0.254 e. The Bertz CT molecular complexity index is 430. The van der Waals surface area contributed by atoms with E-state index in [0.717, 1.165) is 16.9 Å². The van der Waals surface area contributed by atoms with Gasteiger partial charge in [0.25, 0.3) is 10.0 Å². The number of nitrogen functional groups attached to an aromatic ring is 1. The van der Waals surface area contributed by atoms with Crippen LogP contribution in [0.1, 0.15) is 12.8 Å². The molecule has 1 heterocycles. The topological polar surface area (TPSA) is 78.0 Å². The molecule has 0 unspecified atom stereocenters. The molecule has 0 spiro atoms. The quantitative estimate of drug-likeness (QED) is 0.837. The lowest BCUT2D eigenvalue weighted by molar-refractivity contribution is 0.576. The highest BCUT2D eigenvalue weighted by Gasteiger charge is 2.29. The van der Waals surface area contributed by atoms with Gasteiger partial charge in [-0.2, -0.15) is 4.09 Å². The van der Waals surface area contributed by atoms with Crippen molar-refractivity contribution in [3.8, 4) is 0 Å². The summed E-state index contributed by atoms with van der Waals surface area (Å²) in [6.07, 6.45) is 3.18. The van der Waals surface area contributed by atoms with E-state index < -0.39 is 10.0 Å². The van der Waals surface area contributed by atoms with E-state index in [1.54, 1.807) is 0 Å². The molecule has 7 heteroatoms. The number of hydrogen-bond acceptors (Lipinski definition) is 4. The highest BCUT2D eigenvalue weighted by molar-refractivity contribution is 7.89. The highest BCUT2D eigenvalue weighted by atomic mass is 35.5. The zero-order chi connectivity index (χ0) is 10.3. The lowest BCUT2D eigenvalue weighted by atomic mass is 10.5. The molecule has 0 amide bonds. The lowest BCUT2D eigenvalue weighted by Gasteiger charge is -2.01. The first-order valence-corrected chi connectivity index (χ1v) is 6.21. The Morgan fingerprint density at radius 2 is 2.29 bits per heavy atom. The second kappa shape index (κ2) is 3.13. The molecule has 0 bridgehead atoms. The minimum atomic E-state index is -3.36. The number of anilines is 1. The zero-order valence-corrected chi connectivity index (χ0v) is 8.92. The molecule has 78 valence electrons. The van der Waals surface area contributed by atoms with Crippen molar-refractivity contribution in [3.63, 3.8) is 0 Å². The molecule has 2 rings (SSSR count). The predicted octanol–water partition coefficient (Wildman–Crippen LogP) is 0.707. The summed E-state index contributed by atoms with van der Waals surface area (Å²) < 4.78 is 24.1. The average molecular weight is 236 g/mol. The fourth-order valence-corrected chi connectivity index (χ4v) is 2.90. The highest BCUT2D eigenvalue weighted by Crippen LogP contribution is 2.31. The SMILES string of the molecule is Nc1nn(S(=O)(=O)CC2CC2)cc1Cl. The average Bonchev–Trinajstić information content (AvgIpc) is 2.79. The summed E-state index contributed by atoms with van der Waals surface area (Å²) >= 11 is 5.61. The van der Waals surface area contributed by atoms with Gasteiger partial charge in [-0.15, -0.1) is 5.10 Å². The normalized spacial score (nSPS) is 17.2. The van der Waals surface area contributed by atoms with Gasteiger partial charge in [0.15, 0.2) is 5.82 Å². The predicted molar refractivity (Wildman–Crippen MR) is 53.6 cm³/mol. The summed E-state index contributed by atoms with van der Waals surface area (Å²) in [4.78, 5) is 0.